The van der Waals surface area contributed by atoms with Gasteiger partial charge in [0.1, 0.15) is 5.78 Å². The molecule has 1 amide bonds. The van der Waals surface area contributed by atoms with Gasteiger partial charge in [0.25, 0.3) is 0 Å². The van der Waals surface area contributed by atoms with Crippen LogP contribution in [-0.2, 0) is 40.1 Å². The highest BCUT2D eigenvalue weighted by Gasteiger charge is 2.34. The zero-order chi connectivity index (χ0) is 24.8. The lowest BCUT2D eigenvalue weighted by Gasteiger charge is -2.33. The van der Waals surface area contributed by atoms with Crippen molar-refractivity contribution in [2.75, 3.05) is 31.2 Å². The molecule has 1 fully saturated rings. The maximum absolute atomic E-state index is 12.2. The first-order valence-corrected chi connectivity index (χ1v) is 12.8. The molecule has 3 aliphatic heterocycles. The van der Waals surface area contributed by atoms with Gasteiger partial charge in [-0.15, -0.1) is 0 Å². The zero-order valence-electron chi connectivity index (χ0n) is 20.9. The Morgan fingerprint density at radius 1 is 1.06 bits per heavy atom. The summed E-state index contributed by atoms with van der Waals surface area (Å²) in [7, 11) is 0. The molecule has 1 aromatic carbocycles. The molecule has 6 rings (SSSR count). The molecule has 0 unspecified atom stereocenters. The van der Waals surface area contributed by atoms with Crippen LogP contribution in [0.2, 0.25) is 0 Å². The van der Waals surface area contributed by atoms with Crippen molar-refractivity contribution in [3.8, 4) is 11.1 Å². The SMILES string of the molecule is CC(=O)Cc1ccc(-c2ccc3c(c2)CCCN3c2nn(C3COC3)c3c2CN(C(C)=O)CC3)cn1. The van der Waals surface area contributed by atoms with Crippen LogP contribution < -0.4 is 4.90 Å². The van der Waals surface area contributed by atoms with E-state index in [1.807, 2.05) is 23.2 Å². The highest BCUT2D eigenvalue weighted by Crippen LogP contribution is 2.40. The Hall–Kier alpha value is -3.52. The zero-order valence-corrected chi connectivity index (χ0v) is 20.9. The quantitative estimate of drug-likeness (QED) is 0.549. The third kappa shape index (κ3) is 4.09. The van der Waals surface area contributed by atoms with E-state index in [4.69, 9.17) is 9.84 Å². The molecule has 0 radical (unpaired) electrons. The van der Waals surface area contributed by atoms with Gasteiger partial charge >= 0.3 is 0 Å². The minimum atomic E-state index is 0.109. The van der Waals surface area contributed by atoms with Gasteiger partial charge in [0.15, 0.2) is 5.82 Å². The third-order valence-corrected chi connectivity index (χ3v) is 7.52. The smallest absolute Gasteiger partial charge is 0.219 e. The van der Waals surface area contributed by atoms with E-state index in [9.17, 15) is 9.59 Å². The van der Waals surface area contributed by atoms with Crippen molar-refractivity contribution in [1.82, 2.24) is 19.7 Å². The number of hydrogen-bond acceptors (Lipinski definition) is 6. The van der Waals surface area contributed by atoms with Crippen LogP contribution in [0.4, 0.5) is 11.5 Å². The molecule has 1 saturated heterocycles. The monoisotopic (exact) mass is 485 g/mol. The molecule has 2 aromatic heterocycles. The molecule has 36 heavy (non-hydrogen) atoms. The van der Waals surface area contributed by atoms with Crippen molar-refractivity contribution < 1.29 is 14.3 Å². The number of amides is 1. The maximum Gasteiger partial charge on any atom is 0.219 e. The summed E-state index contributed by atoms with van der Waals surface area (Å²) < 4.78 is 7.64. The van der Waals surface area contributed by atoms with Gasteiger partial charge in [-0.3, -0.25) is 19.3 Å². The molecule has 3 aromatic rings. The normalized spacial score (nSPS) is 17.4. The van der Waals surface area contributed by atoms with Crippen LogP contribution in [0.25, 0.3) is 11.1 Å². The number of rotatable bonds is 5. The number of Topliss-reactive ketones (excluding diaryl/α,β-unsaturated/α-hetero) is 1. The number of hydrogen-bond donors (Lipinski definition) is 0. The van der Waals surface area contributed by atoms with E-state index in [0.29, 0.717) is 26.2 Å². The lowest BCUT2D eigenvalue weighted by atomic mass is 9.96. The molecule has 8 heteroatoms. The summed E-state index contributed by atoms with van der Waals surface area (Å²) in [5.74, 6) is 1.20. The summed E-state index contributed by atoms with van der Waals surface area (Å²) in [6.45, 7) is 6.87. The van der Waals surface area contributed by atoms with Crippen molar-refractivity contribution in [2.45, 2.75) is 52.1 Å². The predicted molar refractivity (Wildman–Crippen MR) is 136 cm³/mol. The van der Waals surface area contributed by atoms with Gasteiger partial charge in [-0.2, -0.15) is 5.10 Å². The maximum atomic E-state index is 12.2. The molecular formula is C28H31N5O3. The van der Waals surface area contributed by atoms with E-state index in [-0.39, 0.29) is 17.7 Å². The van der Waals surface area contributed by atoms with Crippen molar-refractivity contribution in [1.29, 1.82) is 0 Å². The Bertz CT molecular complexity index is 1330. The number of benzene rings is 1. The number of pyridine rings is 1. The highest BCUT2D eigenvalue weighted by atomic mass is 16.5. The summed E-state index contributed by atoms with van der Waals surface area (Å²) in [4.78, 5) is 32.3. The standard InChI is InChI=1S/C28H31N5O3/c1-18(34)12-23-7-5-22(14-29-23)20-6-8-26-21(13-20)4-3-10-32(26)28-25-15-31(19(2)35)11-9-27(25)33(30-28)24-16-36-17-24/h5-8,13-14,24H,3-4,9-12,15-17H2,1-2H3. The second-order valence-electron chi connectivity index (χ2n) is 10.1. The first kappa shape index (κ1) is 22.9. The summed E-state index contributed by atoms with van der Waals surface area (Å²) in [6.07, 6.45) is 5.09. The van der Waals surface area contributed by atoms with Crippen LogP contribution in [0.15, 0.2) is 36.5 Å². The first-order chi connectivity index (χ1) is 17.5. The van der Waals surface area contributed by atoms with Crippen molar-refractivity contribution >= 4 is 23.2 Å². The summed E-state index contributed by atoms with van der Waals surface area (Å²) >= 11 is 0. The van der Waals surface area contributed by atoms with Gasteiger partial charge in [0.05, 0.1) is 25.8 Å². The Morgan fingerprint density at radius 2 is 1.89 bits per heavy atom. The molecule has 8 nitrogen and oxygen atoms in total. The number of ether oxygens (including phenoxy) is 1. The van der Waals surface area contributed by atoms with Crippen molar-refractivity contribution in [2.24, 2.45) is 0 Å². The first-order valence-electron chi connectivity index (χ1n) is 12.8. The van der Waals surface area contributed by atoms with Gasteiger partial charge < -0.3 is 14.5 Å². The molecular weight excluding hydrogens is 454 g/mol. The van der Waals surface area contributed by atoms with Crippen LogP contribution in [0.5, 0.6) is 0 Å². The minimum absolute atomic E-state index is 0.109. The average molecular weight is 486 g/mol. The molecule has 0 aliphatic carbocycles. The van der Waals surface area contributed by atoms with E-state index >= 15 is 0 Å². The van der Waals surface area contributed by atoms with E-state index in [2.05, 4.69) is 32.8 Å². The molecule has 186 valence electrons. The molecule has 0 N–H and O–H groups in total. The number of carbonyl (C=O) groups is 2. The molecule has 5 heterocycles. The van der Waals surface area contributed by atoms with Gasteiger partial charge in [-0.25, -0.2) is 0 Å². The van der Waals surface area contributed by atoms with Crippen molar-refractivity contribution in [3.63, 3.8) is 0 Å². The number of carbonyl (C=O) groups excluding carboxylic acids is 2. The second-order valence-corrected chi connectivity index (χ2v) is 10.1. The summed E-state index contributed by atoms with van der Waals surface area (Å²) in [5, 5.41) is 5.13. The van der Waals surface area contributed by atoms with Crippen LogP contribution >= 0.6 is 0 Å². The largest absolute Gasteiger partial charge is 0.377 e. The molecule has 0 spiro atoms. The van der Waals surface area contributed by atoms with Crippen LogP contribution in [0.1, 0.15) is 48.8 Å². The fraction of sp³-hybridized carbons (Fsp3) is 0.429. The van der Waals surface area contributed by atoms with Gasteiger partial charge in [-0.05, 0) is 49.1 Å². The van der Waals surface area contributed by atoms with E-state index in [0.717, 1.165) is 55.0 Å². The summed E-state index contributed by atoms with van der Waals surface area (Å²) in [5.41, 5.74) is 7.86. The van der Waals surface area contributed by atoms with Gasteiger partial charge in [0.2, 0.25) is 5.91 Å². The molecule has 0 saturated carbocycles. The van der Waals surface area contributed by atoms with E-state index in [1.54, 1.807) is 13.8 Å². The Morgan fingerprint density at radius 3 is 2.58 bits per heavy atom. The van der Waals surface area contributed by atoms with Gasteiger partial charge in [-0.1, -0.05) is 12.1 Å². The minimum Gasteiger partial charge on any atom is -0.377 e. The molecule has 3 aliphatic rings. The number of aryl methyl sites for hydroxylation is 1. The Labute approximate surface area is 210 Å². The fourth-order valence-corrected chi connectivity index (χ4v) is 5.53. The lowest BCUT2D eigenvalue weighted by Crippen LogP contribution is -2.37. The van der Waals surface area contributed by atoms with Gasteiger partial charge in [0, 0.05) is 67.3 Å². The van der Waals surface area contributed by atoms with Crippen LogP contribution in [-0.4, -0.2) is 57.7 Å². The topological polar surface area (TPSA) is 80.6 Å². The van der Waals surface area contributed by atoms with Crippen LogP contribution in [0.3, 0.4) is 0 Å². The third-order valence-electron chi connectivity index (χ3n) is 7.52. The highest BCUT2D eigenvalue weighted by molar-refractivity contribution is 5.78. The van der Waals surface area contributed by atoms with Crippen molar-refractivity contribution in [3.05, 3.63) is 59.0 Å². The summed E-state index contributed by atoms with van der Waals surface area (Å²) in [6, 6.07) is 10.9. The number of fused-ring (bicyclic) bond motifs is 2. The number of aromatic nitrogens is 3. The molecule has 0 atom stereocenters. The average Bonchev–Trinajstić information content (AvgIpc) is 3.20. The predicted octanol–water partition coefficient (Wildman–Crippen LogP) is 3.64. The molecule has 0 bridgehead atoms. The lowest BCUT2D eigenvalue weighted by molar-refractivity contribution is -0.129. The van der Waals surface area contributed by atoms with Crippen LogP contribution in [0, 0.1) is 0 Å². The number of anilines is 2. The Balaban J connectivity index is 1.35. The van der Waals surface area contributed by atoms with E-state index < -0.39 is 0 Å². The Kier molecular flexibility index (Phi) is 5.84. The second kappa shape index (κ2) is 9.17. The van der Waals surface area contributed by atoms with E-state index in [1.165, 1.54) is 22.5 Å². The fourth-order valence-electron chi connectivity index (χ4n) is 5.53. The number of ketones is 1. The number of nitrogens with zero attached hydrogens (tertiary/aromatic N) is 5.